The normalized spacial score (nSPS) is 11.6. The van der Waals surface area contributed by atoms with E-state index in [1.165, 1.54) is 0 Å². The van der Waals surface area contributed by atoms with Gasteiger partial charge in [0.15, 0.2) is 0 Å². The summed E-state index contributed by atoms with van der Waals surface area (Å²) >= 11 is 11.9. The minimum atomic E-state index is -0.553. The van der Waals surface area contributed by atoms with Crippen LogP contribution in [0.15, 0.2) is 42.5 Å². The van der Waals surface area contributed by atoms with E-state index in [0.717, 1.165) is 5.56 Å². The monoisotopic (exact) mass is 365 g/mol. The Bertz CT molecular complexity index is 765. The number of amides is 2. The van der Waals surface area contributed by atoms with Gasteiger partial charge in [-0.25, -0.2) is 0 Å². The summed E-state index contributed by atoms with van der Waals surface area (Å²) in [5, 5.41) is 6.65. The van der Waals surface area contributed by atoms with Crippen molar-refractivity contribution in [3.8, 4) is 0 Å². The highest BCUT2D eigenvalue weighted by Gasteiger charge is 2.12. The van der Waals surface area contributed by atoms with Gasteiger partial charge < -0.3 is 16.4 Å². The van der Waals surface area contributed by atoms with E-state index in [1.807, 2.05) is 6.92 Å². The fourth-order valence-electron chi connectivity index (χ4n) is 2.19. The summed E-state index contributed by atoms with van der Waals surface area (Å²) in [7, 11) is 0. The zero-order valence-corrected chi connectivity index (χ0v) is 14.5. The van der Waals surface area contributed by atoms with Crippen LogP contribution >= 0.6 is 23.2 Å². The van der Waals surface area contributed by atoms with Crippen LogP contribution in [0.25, 0.3) is 0 Å². The van der Waals surface area contributed by atoms with Crippen molar-refractivity contribution in [2.45, 2.75) is 13.0 Å². The average molecular weight is 366 g/mol. The molecule has 0 saturated heterocycles. The highest BCUT2D eigenvalue weighted by Crippen LogP contribution is 2.25. The van der Waals surface area contributed by atoms with E-state index in [9.17, 15) is 9.59 Å². The quantitative estimate of drug-likeness (QED) is 0.733. The molecular formula is C17H17Cl2N3O2. The fourth-order valence-corrected chi connectivity index (χ4v) is 2.49. The van der Waals surface area contributed by atoms with Crippen molar-refractivity contribution in [3.63, 3.8) is 0 Å². The molecule has 0 heterocycles. The summed E-state index contributed by atoms with van der Waals surface area (Å²) in [6, 6.07) is 11.7. The molecule has 1 atom stereocenters. The van der Waals surface area contributed by atoms with Crippen LogP contribution in [0.5, 0.6) is 0 Å². The van der Waals surface area contributed by atoms with Crippen LogP contribution < -0.4 is 16.4 Å². The molecule has 0 fully saturated rings. The smallest absolute Gasteiger partial charge is 0.250 e. The van der Waals surface area contributed by atoms with Crippen LogP contribution in [-0.2, 0) is 4.79 Å². The van der Waals surface area contributed by atoms with Crippen molar-refractivity contribution in [2.75, 3.05) is 11.9 Å². The topological polar surface area (TPSA) is 84.2 Å². The Kier molecular flexibility index (Phi) is 6.06. The lowest BCUT2D eigenvalue weighted by Gasteiger charge is -2.16. The third-order valence-electron chi connectivity index (χ3n) is 3.45. The predicted octanol–water partition coefficient (Wildman–Crippen LogP) is 3.38. The maximum absolute atomic E-state index is 12.1. The molecule has 2 aromatic rings. The second kappa shape index (κ2) is 8.04. The molecule has 24 heavy (non-hydrogen) atoms. The molecule has 0 aliphatic rings. The maximum Gasteiger partial charge on any atom is 0.250 e. The zero-order chi connectivity index (χ0) is 17.7. The first kappa shape index (κ1) is 18.1. The summed E-state index contributed by atoms with van der Waals surface area (Å²) in [6.45, 7) is 1.85. The van der Waals surface area contributed by atoms with Gasteiger partial charge in [-0.2, -0.15) is 0 Å². The van der Waals surface area contributed by atoms with E-state index in [1.54, 1.807) is 42.5 Å². The lowest BCUT2D eigenvalue weighted by atomic mass is 10.1. The summed E-state index contributed by atoms with van der Waals surface area (Å²) < 4.78 is 0. The first-order chi connectivity index (χ1) is 11.4. The fraction of sp³-hybridized carbons (Fsp3) is 0.176. The largest absolute Gasteiger partial charge is 0.376 e. The third kappa shape index (κ3) is 4.63. The average Bonchev–Trinajstić information content (AvgIpc) is 2.55. The Labute approximate surface area is 150 Å². The first-order valence-corrected chi connectivity index (χ1v) is 8.01. The number of hydrogen-bond acceptors (Lipinski definition) is 3. The number of anilines is 1. The number of nitrogens with two attached hydrogens (primary N) is 1. The number of benzene rings is 2. The van der Waals surface area contributed by atoms with Crippen LogP contribution in [0.3, 0.4) is 0 Å². The predicted molar refractivity (Wildman–Crippen MR) is 96.5 cm³/mol. The van der Waals surface area contributed by atoms with E-state index in [2.05, 4.69) is 10.6 Å². The van der Waals surface area contributed by atoms with Gasteiger partial charge in [-0.15, -0.1) is 0 Å². The Balaban J connectivity index is 1.96. The molecule has 4 N–H and O–H groups in total. The van der Waals surface area contributed by atoms with Crippen molar-refractivity contribution in [2.24, 2.45) is 5.73 Å². The summed E-state index contributed by atoms with van der Waals surface area (Å²) in [5.41, 5.74) is 7.00. The molecule has 7 heteroatoms. The van der Waals surface area contributed by atoms with Gasteiger partial charge in [-0.05, 0) is 36.8 Å². The molecule has 0 radical (unpaired) electrons. The van der Waals surface area contributed by atoms with E-state index in [-0.39, 0.29) is 18.5 Å². The molecular weight excluding hydrogens is 349 g/mol. The molecule has 5 nitrogen and oxygen atoms in total. The van der Waals surface area contributed by atoms with Gasteiger partial charge in [0.05, 0.1) is 28.2 Å². The molecule has 0 unspecified atom stereocenters. The number of carbonyl (C=O) groups is 2. The van der Waals surface area contributed by atoms with Gasteiger partial charge in [0.25, 0.3) is 5.91 Å². The van der Waals surface area contributed by atoms with E-state index >= 15 is 0 Å². The zero-order valence-electron chi connectivity index (χ0n) is 13.0. The van der Waals surface area contributed by atoms with E-state index in [4.69, 9.17) is 28.9 Å². The standard InChI is InChI=1S/C17H17Cl2N3O2/c1-10(11-6-7-13(18)14(19)8-11)22-16(23)9-21-15-5-3-2-4-12(15)17(20)24/h2-8,10,21H,9H2,1H3,(H2,20,24)(H,22,23)/t10-/m0/s1. The highest BCUT2D eigenvalue weighted by molar-refractivity contribution is 6.42. The van der Waals surface area contributed by atoms with Crippen LogP contribution in [0.1, 0.15) is 28.9 Å². The van der Waals surface area contributed by atoms with Gasteiger partial charge in [0, 0.05) is 5.69 Å². The lowest BCUT2D eigenvalue weighted by Crippen LogP contribution is -2.32. The minimum absolute atomic E-state index is 0.00988. The third-order valence-corrected chi connectivity index (χ3v) is 4.19. The summed E-state index contributed by atoms with van der Waals surface area (Å²) in [4.78, 5) is 23.4. The van der Waals surface area contributed by atoms with Crippen LogP contribution in [0, 0.1) is 0 Å². The summed E-state index contributed by atoms with van der Waals surface area (Å²) in [5.74, 6) is -0.782. The van der Waals surface area contributed by atoms with Crippen LogP contribution in [0.2, 0.25) is 10.0 Å². The molecule has 126 valence electrons. The second-order valence-electron chi connectivity index (χ2n) is 5.23. The maximum atomic E-state index is 12.1. The van der Waals surface area contributed by atoms with Gasteiger partial charge in [-0.3, -0.25) is 9.59 Å². The van der Waals surface area contributed by atoms with Crippen LogP contribution in [0.4, 0.5) is 5.69 Å². The number of para-hydroxylation sites is 1. The van der Waals surface area contributed by atoms with E-state index < -0.39 is 5.91 Å². The number of hydrogen-bond donors (Lipinski definition) is 3. The second-order valence-corrected chi connectivity index (χ2v) is 6.04. The van der Waals surface area contributed by atoms with Crippen LogP contribution in [-0.4, -0.2) is 18.4 Å². The lowest BCUT2D eigenvalue weighted by molar-refractivity contribution is -0.120. The molecule has 0 aromatic heterocycles. The van der Waals surface area contributed by atoms with Crippen molar-refractivity contribution in [1.82, 2.24) is 5.32 Å². The van der Waals surface area contributed by atoms with Crippen molar-refractivity contribution < 1.29 is 9.59 Å². The molecule has 2 amide bonds. The van der Waals surface area contributed by atoms with E-state index in [0.29, 0.717) is 21.3 Å². The molecule has 0 bridgehead atoms. The van der Waals surface area contributed by atoms with Gasteiger partial charge in [-0.1, -0.05) is 41.4 Å². The molecule has 0 spiro atoms. The van der Waals surface area contributed by atoms with Crippen molar-refractivity contribution in [3.05, 3.63) is 63.6 Å². The Morgan fingerprint density at radius 1 is 1.12 bits per heavy atom. The number of rotatable bonds is 6. The number of halogens is 2. The van der Waals surface area contributed by atoms with Crippen molar-refractivity contribution >= 4 is 40.7 Å². The first-order valence-electron chi connectivity index (χ1n) is 7.25. The molecule has 0 aliphatic carbocycles. The highest BCUT2D eigenvalue weighted by atomic mass is 35.5. The van der Waals surface area contributed by atoms with Gasteiger partial charge in [0.1, 0.15) is 0 Å². The Morgan fingerprint density at radius 2 is 1.83 bits per heavy atom. The molecule has 0 aliphatic heterocycles. The number of nitrogens with one attached hydrogen (secondary N) is 2. The number of carbonyl (C=O) groups excluding carboxylic acids is 2. The van der Waals surface area contributed by atoms with Crippen molar-refractivity contribution in [1.29, 1.82) is 0 Å². The van der Waals surface area contributed by atoms with Gasteiger partial charge in [0.2, 0.25) is 5.91 Å². The molecule has 0 saturated carbocycles. The van der Waals surface area contributed by atoms with Gasteiger partial charge >= 0.3 is 0 Å². The Morgan fingerprint density at radius 3 is 2.50 bits per heavy atom. The SMILES string of the molecule is C[C@H](NC(=O)CNc1ccccc1C(N)=O)c1ccc(Cl)c(Cl)c1. The minimum Gasteiger partial charge on any atom is -0.376 e. The Hall–Kier alpha value is -2.24. The summed E-state index contributed by atoms with van der Waals surface area (Å²) in [6.07, 6.45) is 0. The number of primary amides is 1. The molecule has 2 aromatic carbocycles. The molecule has 2 rings (SSSR count).